The summed E-state index contributed by atoms with van der Waals surface area (Å²) in [7, 11) is 0. The van der Waals surface area contributed by atoms with Gasteiger partial charge >= 0.3 is 0 Å². The third-order valence-corrected chi connectivity index (χ3v) is 3.17. The van der Waals surface area contributed by atoms with Crippen molar-refractivity contribution in [2.45, 2.75) is 18.9 Å². The molecule has 22 heavy (non-hydrogen) atoms. The van der Waals surface area contributed by atoms with E-state index >= 15 is 0 Å². The summed E-state index contributed by atoms with van der Waals surface area (Å²) in [6, 6.07) is 12.6. The highest BCUT2D eigenvalue weighted by atomic mass is 16.3. The first-order chi connectivity index (χ1) is 10.6. The molecule has 1 aromatic heterocycles. The lowest BCUT2D eigenvalue weighted by atomic mass is 10.1. The number of aromatic nitrogens is 1. The van der Waals surface area contributed by atoms with Crippen LogP contribution >= 0.6 is 0 Å². The number of carbonyl (C=O) groups excluding carboxylic acids is 2. The second-order valence-corrected chi connectivity index (χ2v) is 4.79. The Morgan fingerprint density at radius 2 is 1.91 bits per heavy atom. The van der Waals surface area contributed by atoms with E-state index in [4.69, 9.17) is 5.73 Å². The monoisotopic (exact) mass is 299 g/mol. The molecule has 0 aliphatic carbocycles. The molecule has 0 aliphatic rings. The van der Waals surface area contributed by atoms with Crippen LogP contribution < -0.4 is 11.1 Å². The molecule has 0 radical (unpaired) electrons. The second-order valence-electron chi connectivity index (χ2n) is 4.79. The van der Waals surface area contributed by atoms with Gasteiger partial charge in [0.2, 0.25) is 0 Å². The van der Waals surface area contributed by atoms with Crippen LogP contribution in [0.2, 0.25) is 0 Å². The van der Waals surface area contributed by atoms with Gasteiger partial charge in [-0.3, -0.25) is 9.59 Å². The van der Waals surface area contributed by atoms with E-state index in [9.17, 15) is 14.7 Å². The van der Waals surface area contributed by atoms with Crippen LogP contribution in [0.4, 0.5) is 5.82 Å². The molecule has 0 saturated carbocycles. The molecule has 0 unspecified atom stereocenters. The highest BCUT2D eigenvalue weighted by Crippen LogP contribution is 2.12. The van der Waals surface area contributed by atoms with E-state index in [2.05, 4.69) is 10.3 Å². The molecule has 1 aromatic carbocycles. The van der Waals surface area contributed by atoms with Gasteiger partial charge in [-0.05, 0) is 30.5 Å². The molecule has 0 bridgehead atoms. The first-order valence-corrected chi connectivity index (χ1v) is 6.85. The van der Waals surface area contributed by atoms with E-state index in [0.717, 1.165) is 5.56 Å². The minimum absolute atomic E-state index is 0.0544. The molecule has 4 N–H and O–H groups in total. The van der Waals surface area contributed by atoms with Gasteiger partial charge in [0.05, 0.1) is 5.56 Å². The zero-order valence-corrected chi connectivity index (χ0v) is 11.9. The number of benzene rings is 1. The highest BCUT2D eigenvalue weighted by molar-refractivity contribution is 6.02. The lowest BCUT2D eigenvalue weighted by Crippen LogP contribution is -2.29. The number of primary amides is 1. The molecule has 114 valence electrons. The molecule has 2 rings (SSSR count). The van der Waals surface area contributed by atoms with Crippen molar-refractivity contribution in [1.82, 2.24) is 4.98 Å². The van der Waals surface area contributed by atoms with Gasteiger partial charge in [0, 0.05) is 6.20 Å². The van der Waals surface area contributed by atoms with Gasteiger partial charge in [0.1, 0.15) is 11.9 Å². The Morgan fingerprint density at radius 1 is 1.18 bits per heavy atom. The number of aliphatic hydroxyl groups is 1. The third kappa shape index (κ3) is 4.13. The van der Waals surface area contributed by atoms with Crippen molar-refractivity contribution >= 4 is 17.6 Å². The lowest BCUT2D eigenvalue weighted by molar-refractivity contribution is -0.124. The van der Waals surface area contributed by atoms with E-state index in [1.54, 1.807) is 6.07 Å². The van der Waals surface area contributed by atoms with Crippen LogP contribution in [0.1, 0.15) is 22.3 Å². The van der Waals surface area contributed by atoms with E-state index in [1.165, 1.54) is 12.3 Å². The lowest BCUT2D eigenvalue weighted by Gasteiger charge is -2.12. The summed E-state index contributed by atoms with van der Waals surface area (Å²) < 4.78 is 0. The SMILES string of the molecule is NC(=O)c1cccnc1NC(=O)[C@@H](O)CCc1ccccc1. The molecule has 1 heterocycles. The van der Waals surface area contributed by atoms with Crippen molar-refractivity contribution in [3.63, 3.8) is 0 Å². The van der Waals surface area contributed by atoms with Gasteiger partial charge in [-0.15, -0.1) is 0 Å². The van der Waals surface area contributed by atoms with Gasteiger partial charge in [0.25, 0.3) is 11.8 Å². The Kier molecular flexibility index (Phi) is 5.21. The standard InChI is InChI=1S/C16H17N3O3/c17-14(21)12-7-4-10-18-15(12)19-16(22)13(20)9-8-11-5-2-1-3-6-11/h1-7,10,13,20H,8-9H2,(H2,17,21)(H,18,19,22)/t13-/m0/s1. The molecular formula is C16H17N3O3. The second kappa shape index (κ2) is 7.33. The molecule has 0 aliphatic heterocycles. The molecule has 0 fully saturated rings. The van der Waals surface area contributed by atoms with Crippen LogP contribution in [-0.2, 0) is 11.2 Å². The first-order valence-electron chi connectivity index (χ1n) is 6.85. The molecule has 6 heteroatoms. The quantitative estimate of drug-likeness (QED) is 0.743. The number of hydrogen-bond donors (Lipinski definition) is 3. The number of aryl methyl sites for hydroxylation is 1. The smallest absolute Gasteiger partial charge is 0.254 e. The summed E-state index contributed by atoms with van der Waals surface area (Å²) in [5, 5.41) is 12.3. The molecule has 6 nitrogen and oxygen atoms in total. The number of nitrogens with two attached hydrogens (primary N) is 1. The summed E-state index contributed by atoms with van der Waals surface area (Å²) in [4.78, 5) is 27.1. The van der Waals surface area contributed by atoms with Gasteiger partial charge in [-0.1, -0.05) is 30.3 Å². The van der Waals surface area contributed by atoms with E-state index in [-0.39, 0.29) is 17.8 Å². The van der Waals surface area contributed by atoms with Gasteiger partial charge in [-0.25, -0.2) is 4.98 Å². The van der Waals surface area contributed by atoms with Crippen molar-refractivity contribution in [1.29, 1.82) is 0 Å². The van der Waals surface area contributed by atoms with Crippen LogP contribution in [0.5, 0.6) is 0 Å². The molecule has 0 saturated heterocycles. The fraction of sp³-hybridized carbons (Fsp3) is 0.188. The van der Waals surface area contributed by atoms with Crippen molar-refractivity contribution in [3.05, 3.63) is 59.8 Å². The van der Waals surface area contributed by atoms with Gasteiger partial charge < -0.3 is 16.2 Å². The van der Waals surface area contributed by atoms with Crippen molar-refractivity contribution in [3.8, 4) is 0 Å². The van der Waals surface area contributed by atoms with Crippen LogP contribution in [0, 0.1) is 0 Å². The number of nitrogens with one attached hydrogen (secondary N) is 1. The molecule has 2 amide bonds. The molecule has 2 aromatic rings. The van der Waals surface area contributed by atoms with Crippen LogP contribution in [-0.4, -0.2) is 28.0 Å². The molecular weight excluding hydrogens is 282 g/mol. The van der Waals surface area contributed by atoms with E-state index < -0.39 is 17.9 Å². The number of nitrogens with zero attached hydrogens (tertiary/aromatic N) is 1. The van der Waals surface area contributed by atoms with Gasteiger partial charge in [0.15, 0.2) is 0 Å². The largest absolute Gasteiger partial charge is 0.383 e. The topological polar surface area (TPSA) is 105 Å². The number of aliphatic hydroxyl groups excluding tert-OH is 1. The normalized spacial score (nSPS) is 11.7. The van der Waals surface area contributed by atoms with Gasteiger partial charge in [-0.2, -0.15) is 0 Å². The minimum Gasteiger partial charge on any atom is -0.383 e. The number of amides is 2. The molecule has 1 atom stereocenters. The van der Waals surface area contributed by atoms with Crippen LogP contribution in [0.3, 0.4) is 0 Å². The minimum atomic E-state index is -1.19. The third-order valence-electron chi connectivity index (χ3n) is 3.17. The fourth-order valence-corrected chi connectivity index (χ4v) is 1.98. The number of pyridine rings is 1. The van der Waals surface area contributed by atoms with E-state index in [1.807, 2.05) is 30.3 Å². The van der Waals surface area contributed by atoms with Crippen LogP contribution in [0.15, 0.2) is 48.7 Å². The summed E-state index contributed by atoms with van der Waals surface area (Å²) in [5.74, 6) is -1.25. The summed E-state index contributed by atoms with van der Waals surface area (Å²) in [6.07, 6.45) is 1.08. The van der Waals surface area contributed by atoms with Crippen LogP contribution in [0.25, 0.3) is 0 Å². The predicted molar refractivity (Wildman–Crippen MR) is 82.2 cm³/mol. The first kappa shape index (κ1) is 15.7. The van der Waals surface area contributed by atoms with Crippen molar-refractivity contribution in [2.24, 2.45) is 5.73 Å². The fourth-order valence-electron chi connectivity index (χ4n) is 1.98. The maximum absolute atomic E-state index is 12.0. The highest BCUT2D eigenvalue weighted by Gasteiger charge is 2.18. The average Bonchev–Trinajstić information content (AvgIpc) is 2.53. The Labute approximate surface area is 128 Å². The number of carbonyl (C=O) groups is 2. The van der Waals surface area contributed by atoms with E-state index in [0.29, 0.717) is 6.42 Å². The Hall–Kier alpha value is -2.73. The maximum atomic E-state index is 12.0. The predicted octanol–water partition coefficient (Wildman–Crippen LogP) is 1.11. The number of anilines is 1. The van der Waals surface area contributed by atoms with Crippen molar-refractivity contribution < 1.29 is 14.7 Å². The molecule has 0 spiro atoms. The number of rotatable bonds is 6. The van der Waals surface area contributed by atoms with Crippen molar-refractivity contribution in [2.75, 3.05) is 5.32 Å². The summed E-state index contributed by atoms with van der Waals surface area (Å²) >= 11 is 0. The Bertz CT molecular complexity index is 659. The Balaban J connectivity index is 1.96. The summed E-state index contributed by atoms with van der Waals surface area (Å²) in [5.41, 5.74) is 6.34. The average molecular weight is 299 g/mol. The zero-order valence-electron chi connectivity index (χ0n) is 11.9. The summed E-state index contributed by atoms with van der Waals surface area (Å²) in [6.45, 7) is 0. The zero-order chi connectivity index (χ0) is 15.9. The maximum Gasteiger partial charge on any atom is 0.254 e. The number of hydrogen-bond acceptors (Lipinski definition) is 4. The Morgan fingerprint density at radius 3 is 2.59 bits per heavy atom.